The largest absolute Gasteiger partial charge is 0.453 e. The molecular formula is C29H27ClFN7O4. The van der Waals surface area contributed by atoms with Gasteiger partial charge in [0.15, 0.2) is 5.82 Å². The van der Waals surface area contributed by atoms with Crippen molar-refractivity contribution in [2.45, 2.75) is 32.2 Å². The lowest BCUT2D eigenvalue weighted by molar-refractivity contribution is -0.116. The average Bonchev–Trinajstić information content (AvgIpc) is 3.31. The maximum atomic E-state index is 14.7. The van der Waals surface area contributed by atoms with Crippen LogP contribution in [0.2, 0.25) is 5.02 Å². The Hall–Kier alpha value is -4.71. The number of carbonyl (C=O) groups excluding carboxylic acids is 3. The number of halogens is 2. The molecular weight excluding hydrogens is 565 g/mol. The summed E-state index contributed by atoms with van der Waals surface area (Å²) in [6.07, 6.45) is 4.23. The lowest BCUT2D eigenvalue weighted by atomic mass is 10.0. The highest BCUT2D eigenvalue weighted by atomic mass is 35.5. The van der Waals surface area contributed by atoms with Crippen LogP contribution >= 0.6 is 11.6 Å². The van der Waals surface area contributed by atoms with Gasteiger partial charge in [0.1, 0.15) is 11.5 Å². The number of ether oxygens (including phenoxy) is 1. The van der Waals surface area contributed by atoms with Gasteiger partial charge in [-0.1, -0.05) is 17.7 Å². The minimum Gasteiger partial charge on any atom is -0.453 e. The Morgan fingerprint density at radius 1 is 1.19 bits per heavy atom. The monoisotopic (exact) mass is 591 g/mol. The maximum Gasteiger partial charge on any atom is 0.411 e. The van der Waals surface area contributed by atoms with Crippen LogP contribution < -0.4 is 16.0 Å². The van der Waals surface area contributed by atoms with Gasteiger partial charge in [-0.15, -0.1) is 0 Å². The number of benzene rings is 2. The van der Waals surface area contributed by atoms with Crippen LogP contribution in [-0.4, -0.2) is 44.8 Å². The molecule has 0 radical (unpaired) electrons. The minimum absolute atomic E-state index is 0.0413. The highest BCUT2D eigenvalue weighted by molar-refractivity contribution is 6.30. The van der Waals surface area contributed by atoms with E-state index in [0.29, 0.717) is 47.0 Å². The molecule has 2 aliphatic rings. The van der Waals surface area contributed by atoms with Gasteiger partial charge >= 0.3 is 6.09 Å². The van der Waals surface area contributed by atoms with Gasteiger partial charge in [-0.2, -0.15) is 5.10 Å². The molecule has 1 unspecified atom stereocenters. The molecule has 216 valence electrons. The Bertz CT molecular complexity index is 1720. The van der Waals surface area contributed by atoms with Crippen LogP contribution in [0.15, 0.2) is 48.8 Å². The first-order valence-electron chi connectivity index (χ1n) is 13.4. The molecule has 1 fully saturated rings. The number of hydrogen-bond donors (Lipinski definition) is 4. The van der Waals surface area contributed by atoms with E-state index in [1.807, 2.05) is 0 Å². The number of anilines is 2. The zero-order chi connectivity index (χ0) is 29.5. The van der Waals surface area contributed by atoms with E-state index in [9.17, 15) is 18.8 Å². The van der Waals surface area contributed by atoms with Crippen molar-refractivity contribution in [1.29, 1.82) is 0 Å². The number of H-pyrrole nitrogens is 1. The number of aromatic amines is 1. The molecule has 4 aromatic rings. The van der Waals surface area contributed by atoms with Crippen LogP contribution in [0.25, 0.3) is 16.9 Å². The molecule has 13 heteroatoms. The fraction of sp³-hybridized carbons (Fsp3) is 0.276. The molecule has 4 N–H and O–H groups in total. The third-order valence-electron chi connectivity index (χ3n) is 7.70. The van der Waals surface area contributed by atoms with E-state index >= 15 is 0 Å². The average molecular weight is 592 g/mol. The summed E-state index contributed by atoms with van der Waals surface area (Å²) in [7, 11) is 1.27. The van der Waals surface area contributed by atoms with E-state index in [2.05, 4.69) is 30.8 Å². The van der Waals surface area contributed by atoms with Crippen molar-refractivity contribution >= 4 is 40.9 Å². The smallest absolute Gasteiger partial charge is 0.411 e. The van der Waals surface area contributed by atoms with Gasteiger partial charge < -0.3 is 20.4 Å². The van der Waals surface area contributed by atoms with E-state index in [4.69, 9.17) is 16.6 Å². The van der Waals surface area contributed by atoms with Gasteiger partial charge in [-0.3, -0.25) is 14.9 Å². The summed E-state index contributed by atoms with van der Waals surface area (Å²) < 4.78 is 20.7. The molecule has 1 saturated carbocycles. The normalized spacial score (nSPS) is 19.3. The molecule has 11 nitrogen and oxygen atoms in total. The number of hydrogen-bond acceptors (Lipinski definition) is 6. The van der Waals surface area contributed by atoms with E-state index < -0.39 is 18.0 Å². The molecule has 1 aliphatic carbocycles. The van der Waals surface area contributed by atoms with E-state index in [1.165, 1.54) is 30.1 Å². The standard InChI is InChI=1S/C29H27ClFN7O4/c1-14-19(12-33-38(14)24-5-3-4-20(30)26(24)31)28(40)37-22-9-15-8-16(15)10-25(39)35-21-11-17(34-29(41)42-2)6-7-18(21)23-13-32-27(22)36-23/h3-7,11-13,15-16,22H,8-10H2,1-2H3,(H,32,36)(H,34,41)(H,35,39)(H,37,40)/t15-,16?,22-/m0/s1. The number of imidazole rings is 1. The summed E-state index contributed by atoms with van der Waals surface area (Å²) in [5.74, 6) is -0.225. The minimum atomic E-state index is -0.630. The van der Waals surface area contributed by atoms with Crippen molar-refractivity contribution < 1.29 is 23.5 Å². The number of carbonyl (C=O) groups is 3. The second-order valence-electron chi connectivity index (χ2n) is 10.4. The molecule has 3 heterocycles. The van der Waals surface area contributed by atoms with Gasteiger partial charge in [0.2, 0.25) is 5.91 Å². The number of methoxy groups -OCH3 is 1. The van der Waals surface area contributed by atoms with Crippen molar-refractivity contribution in [3.05, 3.63) is 76.7 Å². The van der Waals surface area contributed by atoms with Gasteiger partial charge in [-0.05, 0) is 61.9 Å². The molecule has 2 aromatic heterocycles. The van der Waals surface area contributed by atoms with Gasteiger partial charge in [-0.25, -0.2) is 18.9 Å². The van der Waals surface area contributed by atoms with Crippen LogP contribution in [0, 0.1) is 24.6 Å². The first-order valence-corrected chi connectivity index (χ1v) is 13.7. The fourth-order valence-corrected chi connectivity index (χ4v) is 5.54. The van der Waals surface area contributed by atoms with Crippen molar-refractivity contribution in [1.82, 2.24) is 25.1 Å². The summed E-state index contributed by atoms with van der Waals surface area (Å²) in [5, 5.41) is 12.8. The number of fused-ring (bicyclic) bond motifs is 5. The molecule has 2 aromatic carbocycles. The summed E-state index contributed by atoms with van der Waals surface area (Å²) in [6.45, 7) is 1.68. The Kier molecular flexibility index (Phi) is 7.15. The quantitative estimate of drug-likeness (QED) is 0.251. The number of nitrogens with zero attached hydrogens (tertiary/aromatic N) is 3. The summed E-state index contributed by atoms with van der Waals surface area (Å²) in [5.41, 5.74) is 3.01. The summed E-state index contributed by atoms with van der Waals surface area (Å²) in [6, 6.07) is 9.20. The van der Waals surface area contributed by atoms with Crippen molar-refractivity contribution in [2.24, 2.45) is 11.8 Å². The Morgan fingerprint density at radius 2 is 2.02 bits per heavy atom. The van der Waals surface area contributed by atoms with Gasteiger partial charge in [0.25, 0.3) is 5.91 Å². The third kappa shape index (κ3) is 5.32. The first-order chi connectivity index (χ1) is 20.2. The van der Waals surface area contributed by atoms with E-state index in [1.54, 1.807) is 37.4 Å². The number of rotatable bonds is 4. The van der Waals surface area contributed by atoms with Crippen LogP contribution in [0.4, 0.5) is 20.6 Å². The van der Waals surface area contributed by atoms with E-state index in [-0.39, 0.29) is 39.9 Å². The molecule has 2 bridgehead atoms. The third-order valence-corrected chi connectivity index (χ3v) is 8.00. The van der Waals surface area contributed by atoms with Crippen LogP contribution in [0.3, 0.4) is 0 Å². The molecule has 3 atom stereocenters. The van der Waals surface area contributed by atoms with Crippen LogP contribution in [0.1, 0.15) is 47.2 Å². The Morgan fingerprint density at radius 3 is 2.83 bits per heavy atom. The Balaban J connectivity index is 1.30. The zero-order valence-corrected chi connectivity index (χ0v) is 23.5. The topological polar surface area (TPSA) is 143 Å². The zero-order valence-electron chi connectivity index (χ0n) is 22.7. The molecule has 0 spiro atoms. The number of aromatic nitrogens is 4. The van der Waals surface area contributed by atoms with Crippen molar-refractivity contribution in [3.63, 3.8) is 0 Å². The predicted octanol–water partition coefficient (Wildman–Crippen LogP) is 5.38. The molecule has 42 heavy (non-hydrogen) atoms. The maximum absolute atomic E-state index is 14.7. The van der Waals surface area contributed by atoms with Gasteiger partial charge in [0.05, 0.1) is 47.0 Å². The molecule has 3 amide bonds. The predicted molar refractivity (Wildman–Crippen MR) is 153 cm³/mol. The second kappa shape index (κ2) is 10.9. The SMILES string of the molecule is COC(=O)Nc1ccc2c(c1)NC(=O)CC1C[C@H]1C[C@H](NC(=O)c1cnn(-c3cccc(Cl)c3F)c1C)c1nc-2c[nH]1. The summed E-state index contributed by atoms with van der Waals surface area (Å²) >= 11 is 5.95. The second-order valence-corrected chi connectivity index (χ2v) is 10.9. The first kappa shape index (κ1) is 27.5. The molecule has 6 rings (SSSR count). The lowest BCUT2D eigenvalue weighted by Gasteiger charge is -2.18. The fourth-order valence-electron chi connectivity index (χ4n) is 5.37. The van der Waals surface area contributed by atoms with Crippen LogP contribution in [0.5, 0.6) is 0 Å². The van der Waals surface area contributed by atoms with Gasteiger partial charge in [0, 0.05) is 23.9 Å². The lowest BCUT2D eigenvalue weighted by Crippen LogP contribution is -2.30. The highest BCUT2D eigenvalue weighted by Gasteiger charge is 2.41. The molecule has 1 aliphatic heterocycles. The number of amides is 3. The number of nitrogens with one attached hydrogen (secondary N) is 4. The molecule has 0 saturated heterocycles. The van der Waals surface area contributed by atoms with E-state index in [0.717, 1.165) is 6.42 Å². The van der Waals surface area contributed by atoms with Crippen molar-refractivity contribution in [2.75, 3.05) is 17.7 Å². The summed E-state index contributed by atoms with van der Waals surface area (Å²) in [4.78, 5) is 46.1. The Labute approximate surface area is 244 Å². The highest BCUT2D eigenvalue weighted by Crippen LogP contribution is 2.47. The van der Waals surface area contributed by atoms with Crippen molar-refractivity contribution in [3.8, 4) is 16.9 Å². The van der Waals surface area contributed by atoms with Crippen LogP contribution in [-0.2, 0) is 9.53 Å².